The lowest BCUT2D eigenvalue weighted by Gasteiger charge is -2.32. The van der Waals surface area contributed by atoms with Crippen molar-refractivity contribution in [3.63, 3.8) is 0 Å². The van der Waals surface area contributed by atoms with E-state index in [2.05, 4.69) is 5.32 Å². The van der Waals surface area contributed by atoms with Gasteiger partial charge in [-0.25, -0.2) is 22.0 Å². The first-order chi connectivity index (χ1) is 14.5. The predicted octanol–water partition coefficient (Wildman–Crippen LogP) is 2.16. The molecule has 1 atom stereocenters. The summed E-state index contributed by atoms with van der Waals surface area (Å²) < 4.78 is 56.0. The fourth-order valence-electron chi connectivity index (χ4n) is 3.51. The number of benzene rings is 2. The third kappa shape index (κ3) is 5.06. The van der Waals surface area contributed by atoms with Crippen LogP contribution in [-0.4, -0.2) is 46.7 Å². The van der Waals surface area contributed by atoms with Gasteiger partial charge in [-0.05, 0) is 62.2 Å². The van der Waals surface area contributed by atoms with Crippen molar-refractivity contribution in [1.29, 1.82) is 0 Å². The normalized spacial score (nSPS) is 17.8. The number of methoxy groups -OCH3 is 1. The number of primary sulfonamides is 1. The second kappa shape index (κ2) is 8.95. The fraction of sp³-hybridized carbons (Fsp3) is 0.350. The highest BCUT2D eigenvalue weighted by molar-refractivity contribution is 7.89. The molecule has 1 saturated heterocycles. The summed E-state index contributed by atoms with van der Waals surface area (Å²) in [5.41, 5.74) is 0.460. The minimum Gasteiger partial charge on any atom is -0.495 e. The third-order valence-corrected chi connectivity index (χ3v) is 8.16. The van der Waals surface area contributed by atoms with Crippen LogP contribution in [0.5, 0.6) is 5.75 Å². The smallest absolute Gasteiger partial charge is 0.255 e. The van der Waals surface area contributed by atoms with E-state index in [1.165, 1.54) is 53.9 Å². The van der Waals surface area contributed by atoms with Gasteiger partial charge in [-0.15, -0.1) is 0 Å². The first-order valence-corrected chi connectivity index (χ1v) is 12.7. The van der Waals surface area contributed by atoms with Crippen LogP contribution in [0.3, 0.4) is 0 Å². The molecule has 0 radical (unpaired) electrons. The zero-order valence-corrected chi connectivity index (χ0v) is 18.9. The summed E-state index contributed by atoms with van der Waals surface area (Å²) in [4.78, 5) is 12.6. The average molecular weight is 468 g/mol. The van der Waals surface area contributed by atoms with Gasteiger partial charge in [0.15, 0.2) is 0 Å². The Bertz CT molecular complexity index is 1180. The van der Waals surface area contributed by atoms with E-state index in [0.717, 1.165) is 19.3 Å². The predicted molar refractivity (Wildman–Crippen MR) is 116 cm³/mol. The van der Waals surface area contributed by atoms with Crippen molar-refractivity contribution in [1.82, 2.24) is 4.31 Å². The van der Waals surface area contributed by atoms with E-state index in [-0.39, 0.29) is 27.1 Å². The molecule has 11 heteroatoms. The number of anilines is 1. The molecule has 1 heterocycles. The summed E-state index contributed by atoms with van der Waals surface area (Å²) in [5, 5.41) is 7.68. The first kappa shape index (κ1) is 23.2. The number of carbonyl (C=O) groups excluding carboxylic acids is 1. The summed E-state index contributed by atoms with van der Waals surface area (Å²) in [7, 11) is -6.32. The van der Waals surface area contributed by atoms with E-state index in [9.17, 15) is 21.6 Å². The highest BCUT2D eigenvalue weighted by Gasteiger charge is 2.33. The summed E-state index contributed by atoms with van der Waals surface area (Å²) in [5.74, 6) is -0.388. The van der Waals surface area contributed by atoms with Crippen molar-refractivity contribution in [3.8, 4) is 5.75 Å². The zero-order valence-electron chi connectivity index (χ0n) is 17.2. The molecule has 1 amide bonds. The summed E-state index contributed by atoms with van der Waals surface area (Å²) in [6, 6.07) is 9.40. The van der Waals surface area contributed by atoms with Crippen LogP contribution in [-0.2, 0) is 20.0 Å². The number of nitrogens with two attached hydrogens (primary N) is 1. The van der Waals surface area contributed by atoms with Crippen LogP contribution < -0.4 is 15.2 Å². The number of sulfonamides is 2. The van der Waals surface area contributed by atoms with E-state index in [1.54, 1.807) is 0 Å². The van der Waals surface area contributed by atoms with Crippen LogP contribution in [0.1, 0.15) is 36.5 Å². The highest BCUT2D eigenvalue weighted by atomic mass is 32.2. The molecule has 2 aromatic rings. The quantitative estimate of drug-likeness (QED) is 0.668. The Balaban J connectivity index is 1.90. The Hall–Kier alpha value is -2.47. The molecule has 0 saturated carbocycles. The first-order valence-electron chi connectivity index (χ1n) is 9.68. The number of piperidine rings is 1. The zero-order chi connectivity index (χ0) is 22.8. The van der Waals surface area contributed by atoms with Gasteiger partial charge in [-0.2, -0.15) is 4.31 Å². The minimum absolute atomic E-state index is 0.0685. The molecule has 9 nitrogen and oxygen atoms in total. The molecule has 1 aliphatic heterocycles. The van der Waals surface area contributed by atoms with Gasteiger partial charge in [0.2, 0.25) is 20.0 Å². The number of nitrogens with one attached hydrogen (secondary N) is 1. The lowest BCUT2D eigenvalue weighted by molar-refractivity contribution is 0.102. The summed E-state index contributed by atoms with van der Waals surface area (Å²) in [6.07, 6.45) is 2.52. The van der Waals surface area contributed by atoms with Crippen LogP contribution in [0.25, 0.3) is 0 Å². The Morgan fingerprint density at radius 3 is 2.35 bits per heavy atom. The van der Waals surface area contributed by atoms with E-state index in [4.69, 9.17) is 9.88 Å². The van der Waals surface area contributed by atoms with E-state index in [0.29, 0.717) is 12.2 Å². The SMILES string of the molecule is COc1ccc(C(=O)Nc2ccc(S(N)(=O)=O)cc2)cc1S(=O)(=O)N1CCCC[C@@H]1C. The van der Waals surface area contributed by atoms with E-state index < -0.39 is 26.0 Å². The molecular weight excluding hydrogens is 442 g/mol. The molecule has 168 valence electrons. The van der Waals surface area contributed by atoms with Crippen LogP contribution in [0, 0.1) is 0 Å². The van der Waals surface area contributed by atoms with E-state index in [1.807, 2.05) is 6.92 Å². The van der Waals surface area contributed by atoms with Gasteiger partial charge < -0.3 is 10.1 Å². The minimum atomic E-state index is -3.86. The van der Waals surface area contributed by atoms with Gasteiger partial charge in [0.05, 0.1) is 12.0 Å². The molecular formula is C20H25N3O6S2. The number of hydrogen-bond acceptors (Lipinski definition) is 6. The second-order valence-electron chi connectivity index (χ2n) is 7.35. The molecule has 0 spiro atoms. The van der Waals surface area contributed by atoms with Crippen molar-refractivity contribution in [2.24, 2.45) is 5.14 Å². The Labute approximate surface area is 182 Å². The van der Waals surface area contributed by atoms with Gasteiger partial charge in [-0.3, -0.25) is 4.79 Å². The number of ether oxygens (including phenoxy) is 1. The van der Waals surface area contributed by atoms with Crippen LogP contribution in [0.2, 0.25) is 0 Å². The lowest BCUT2D eigenvalue weighted by Crippen LogP contribution is -2.42. The molecule has 31 heavy (non-hydrogen) atoms. The average Bonchev–Trinajstić information content (AvgIpc) is 2.73. The number of rotatable bonds is 6. The molecule has 1 fully saturated rings. The number of nitrogens with zero attached hydrogens (tertiary/aromatic N) is 1. The molecule has 0 bridgehead atoms. The fourth-order valence-corrected chi connectivity index (χ4v) is 5.90. The topological polar surface area (TPSA) is 136 Å². The van der Waals surface area contributed by atoms with Gasteiger partial charge in [-0.1, -0.05) is 6.42 Å². The number of amides is 1. The van der Waals surface area contributed by atoms with Crippen LogP contribution in [0.4, 0.5) is 5.69 Å². The largest absolute Gasteiger partial charge is 0.495 e. The monoisotopic (exact) mass is 467 g/mol. The maximum Gasteiger partial charge on any atom is 0.255 e. The molecule has 3 N–H and O–H groups in total. The van der Waals surface area contributed by atoms with E-state index >= 15 is 0 Å². The maximum atomic E-state index is 13.3. The Kier molecular flexibility index (Phi) is 6.70. The maximum absolute atomic E-state index is 13.3. The molecule has 1 aliphatic rings. The second-order valence-corrected chi connectivity index (χ2v) is 10.8. The molecule has 2 aromatic carbocycles. The van der Waals surface area contributed by atoms with Gasteiger partial charge in [0.25, 0.3) is 5.91 Å². The number of hydrogen-bond donors (Lipinski definition) is 2. The molecule has 0 aromatic heterocycles. The highest BCUT2D eigenvalue weighted by Crippen LogP contribution is 2.32. The van der Waals surface area contributed by atoms with Crippen molar-refractivity contribution in [2.75, 3.05) is 19.0 Å². The van der Waals surface area contributed by atoms with Crippen molar-refractivity contribution in [3.05, 3.63) is 48.0 Å². The van der Waals surface area contributed by atoms with Gasteiger partial charge in [0.1, 0.15) is 10.6 Å². The van der Waals surface area contributed by atoms with Crippen molar-refractivity contribution >= 4 is 31.6 Å². The Morgan fingerprint density at radius 1 is 1.10 bits per heavy atom. The lowest BCUT2D eigenvalue weighted by atomic mass is 10.1. The summed E-state index contributed by atoms with van der Waals surface area (Å²) in [6.45, 7) is 2.28. The third-order valence-electron chi connectivity index (χ3n) is 5.20. The molecule has 0 unspecified atom stereocenters. The van der Waals surface area contributed by atoms with Crippen molar-refractivity contribution < 1.29 is 26.4 Å². The standard InChI is InChI=1S/C20H25N3O6S2/c1-14-5-3-4-12-23(14)31(27,28)19-13-15(6-11-18(19)29-2)20(24)22-16-7-9-17(10-8-16)30(21,25)26/h6-11,13-14H,3-5,12H2,1-2H3,(H,22,24)(H2,21,25,26)/t14-/m0/s1. The van der Waals surface area contributed by atoms with Gasteiger partial charge in [0, 0.05) is 23.8 Å². The molecule has 3 rings (SSSR count). The summed E-state index contributed by atoms with van der Waals surface area (Å²) >= 11 is 0. The van der Waals surface area contributed by atoms with Crippen molar-refractivity contribution in [2.45, 2.75) is 42.0 Å². The van der Waals surface area contributed by atoms with Gasteiger partial charge >= 0.3 is 0 Å². The molecule has 0 aliphatic carbocycles. The number of carbonyl (C=O) groups is 1. The van der Waals surface area contributed by atoms with Crippen LogP contribution in [0.15, 0.2) is 52.3 Å². The Morgan fingerprint density at radius 2 is 1.77 bits per heavy atom. The van der Waals surface area contributed by atoms with Crippen LogP contribution >= 0.6 is 0 Å².